The molecule has 0 saturated heterocycles. The fourth-order valence-electron chi connectivity index (χ4n) is 2.28. The minimum Gasteiger partial charge on any atom is -0.469 e. The first kappa shape index (κ1) is 15.4. The molecule has 2 heterocycles. The quantitative estimate of drug-likeness (QED) is 0.778. The molecule has 2 rings (SSSR count). The van der Waals surface area contributed by atoms with E-state index in [4.69, 9.17) is 4.42 Å². The highest BCUT2D eigenvalue weighted by molar-refractivity contribution is 5.57. The summed E-state index contributed by atoms with van der Waals surface area (Å²) in [5.41, 5.74) is 1.14. The summed E-state index contributed by atoms with van der Waals surface area (Å²) in [5, 5.41) is 6.83. The van der Waals surface area contributed by atoms with Gasteiger partial charge in [0.1, 0.15) is 23.7 Å². The molecule has 0 amide bonds. The van der Waals surface area contributed by atoms with Gasteiger partial charge in [0, 0.05) is 24.6 Å². The summed E-state index contributed by atoms with van der Waals surface area (Å²) in [4.78, 5) is 8.74. The molecule has 0 fully saturated rings. The van der Waals surface area contributed by atoms with Crippen molar-refractivity contribution in [2.45, 2.75) is 46.1 Å². The topological polar surface area (TPSA) is 63.0 Å². The molecule has 0 radical (unpaired) electrons. The van der Waals surface area contributed by atoms with Gasteiger partial charge >= 0.3 is 0 Å². The highest BCUT2D eigenvalue weighted by Crippen LogP contribution is 2.21. The zero-order valence-electron chi connectivity index (χ0n) is 13.0. The van der Waals surface area contributed by atoms with Gasteiger partial charge in [-0.25, -0.2) is 9.97 Å². The maximum atomic E-state index is 5.39. The van der Waals surface area contributed by atoms with E-state index in [1.807, 2.05) is 12.1 Å². The predicted molar refractivity (Wildman–Crippen MR) is 85.7 cm³/mol. The Labute approximate surface area is 126 Å². The van der Waals surface area contributed by atoms with Crippen LogP contribution in [0.2, 0.25) is 0 Å². The van der Waals surface area contributed by atoms with E-state index in [0.29, 0.717) is 0 Å². The van der Waals surface area contributed by atoms with Crippen molar-refractivity contribution < 1.29 is 4.42 Å². The first-order valence-electron chi connectivity index (χ1n) is 7.61. The van der Waals surface area contributed by atoms with Crippen molar-refractivity contribution >= 4 is 11.6 Å². The lowest BCUT2D eigenvalue weighted by Crippen LogP contribution is -2.20. The first-order chi connectivity index (χ1) is 10.2. The minimum absolute atomic E-state index is 0.246. The van der Waals surface area contributed by atoms with E-state index in [0.717, 1.165) is 48.8 Å². The van der Waals surface area contributed by atoms with E-state index in [1.165, 1.54) is 0 Å². The van der Waals surface area contributed by atoms with Crippen LogP contribution in [0.4, 0.5) is 11.6 Å². The zero-order chi connectivity index (χ0) is 15.1. The van der Waals surface area contributed by atoms with Crippen LogP contribution in [-0.4, -0.2) is 22.6 Å². The highest BCUT2D eigenvalue weighted by Gasteiger charge is 2.12. The number of nitrogens with one attached hydrogen (secondary N) is 2. The molecular formula is C16H24N4O. The molecule has 5 nitrogen and oxygen atoms in total. The van der Waals surface area contributed by atoms with Gasteiger partial charge in [0.15, 0.2) is 0 Å². The molecule has 0 aliphatic heterocycles. The average Bonchev–Trinajstić information content (AvgIpc) is 2.97. The smallest absolute Gasteiger partial charge is 0.134 e. The van der Waals surface area contributed by atoms with E-state index in [-0.39, 0.29) is 6.04 Å². The molecule has 21 heavy (non-hydrogen) atoms. The summed E-state index contributed by atoms with van der Waals surface area (Å²) in [7, 11) is 0. The molecule has 2 aromatic rings. The van der Waals surface area contributed by atoms with Crippen LogP contribution in [0.1, 0.15) is 38.5 Å². The molecule has 0 bridgehead atoms. The Kier molecular flexibility index (Phi) is 5.60. The van der Waals surface area contributed by atoms with Gasteiger partial charge in [0.2, 0.25) is 0 Å². The van der Waals surface area contributed by atoms with Crippen molar-refractivity contribution in [3.8, 4) is 0 Å². The van der Waals surface area contributed by atoms with Gasteiger partial charge in [0.05, 0.1) is 6.26 Å². The standard InChI is InChI=1S/C16H24N4O/c1-4-8-17-15-14(5-2)16(19-11-18-15)20-12(3)10-13-7-6-9-21-13/h6-7,9,11-12H,4-5,8,10H2,1-3H3,(H2,17,18,19,20). The number of hydrogen-bond acceptors (Lipinski definition) is 5. The second-order valence-electron chi connectivity index (χ2n) is 5.16. The Morgan fingerprint density at radius 3 is 2.71 bits per heavy atom. The normalized spacial score (nSPS) is 12.1. The molecule has 0 aliphatic carbocycles. The van der Waals surface area contributed by atoms with Gasteiger partial charge in [-0.1, -0.05) is 13.8 Å². The van der Waals surface area contributed by atoms with Crippen molar-refractivity contribution in [2.75, 3.05) is 17.2 Å². The van der Waals surface area contributed by atoms with Crippen molar-refractivity contribution in [1.82, 2.24) is 9.97 Å². The number of nitrogens with zero attached hydrogens (tertiary/aromatic N) is 2. The van der Waals surface area contributed by atoms with E-state index in [9.17, 15) is 0 Å². The van der Waals surface area contributed by atoms with Crippen LogP contribution in [0.15, 0.2) is 29.1 Å². The summed E-state index contributed by atoms with van der Waals surface area (Å²) < 4.78 is 5.39. The van der Waals surface area contributed by atoms with Crippen LogP contribution >= 0.6 is 0 Å². The molecule has 5 heteroatoms. The summed E-state index contributed by atoms with van der Waals surface area (Å²) in [6, 6.07) is 4.15. The Morgan fingerprint density at radius 1 is 1.24 bits per heavy atom. The average molecular weight is 288 g/mol. The number of hydrogen-bond donors (Lipinski definition) is 2. The third kappa shape index (κ3) is 4.21. The van der Waals surface area contributed by atoms with E-state index < -0.39 is 0 Å². The molecule has 0 aliphatic rings. The Balaban J connectivity index is 2.07. The second-order valence-corrected chi connectivity index (χ2v) is 5.16. The number of rotatable bonds is 8. The molecule has 0 aromatic carbocycles. The van der Waals surface area contributed by atoms with Crippen LogP contribution in [-0.2, 0) is 12.8 Å². The lowest BCUT2D eigenvalue weighted by molar-refractivity contribution is 0.497. The van der Waals surface area contributed by atoms with Gasteiger partial charge in [-0.05, 0) is 31.9 Å². The minimum atomic E-state index is 0.246. The molecule has 114 valence electrons. The SMILES string of the molecule is CCCNc1ncnc(NC(C)Cc2ccco2)c1CC. The fourth-order valence-corrected chi connectivity index (χ4v) is 2.28. The lowest BCUT2D eigenvalue weighted by atomic mass is 10.1. The first-order valence-corrected chi connectivity index (χ1v) is 7.61. The monoisotopic (exact) mass is 288 g/mol. The Hall–Kier alpha value is -2.04. The summed E-state index contributed by atoms with van der Waals surface area (Å²) in [5.74, 6) is 2.82. The van der Waals surface area contributed by atoms with Crippen LogP contribution in [0, 0.1) is 0 Å². The second kappa shape index (κ2) is 7.67. The third-order valence-electron chi connectivity index (χ3n) is 3.31. The highest BCUT2D eigenvalue weighted by atomic mass is 16.3. The maximum Gasteiger partial charge on any atom is 0.134 e. The van der Waals surface area contributed by atoms with Gasteiger partial charge in [0.25, 0.3) is 0 Å². The molecule has 2 aromatic heterocycles. The Morgan fingerprint density at radius 2 is 2.05 bits per heavy atom. The fraction of sp³-hybridized carbons (Fsp3) is 0.500. The van der Waals surface area contributed by atoms with Crippen molar-refractivity contribution in [3.05, 3.63) is 36.0 Å². The van der Waals surface area contributed by atoms with E-state index >= 15 is 0 Å². The lowest BCUT2D eigenvalue weighted by Gasteiger charge is -2.18. The molecule has 0 saturated carbocycles. The molecular weight excluding hydrogens is 264 g/mol. The molecule has 1 unspecified atom stereocenters. The summed E-state index contributed by atoms with van der Waals surface area (Å²) >= 11 is 0. The zero-order valence-corrected chi connectivity index (χ0v) is 13.0. The van der Waals surface area contributed by atoms with Gasteiger partial charge in [-0.15, -0.1) is 0 Å². The van der Waals surface area contributed by atoms with Gasteiger partial charge in [-0.2, -0.15) is 0 Å². The van der Waals surface area contributed by atoms with E-state index in [1.54, 1.807) is 12.6 Å². The Bertz CT molecular complexity index is 539. The summed E-state index contributed by atoms with van der Waals surface area (Å²) in [6.07, 6.45) is 6.11. The van der Waals surface area contributed by atoms with Crippen molar-refractivity contribution in [1.29, 1.82) is 0 Å². The number of aromatic nitrogens is 2. The van der Waals surface area contributed by atoms with Crippen molar-refractivity contribution in [2.24, 2.45) is 0 Å². The largest absolute Gasteiger partial charge is 0.469 e. The van der Waals surface area contributed by atoms with Crippen LogP contribution in [0.5, 0.6) is 0 Å². The third-order valence-corrected chi connectivity index (χ3v) is 3.31. The van der Waals surface area contributed by atoms with Crippen LogP contribution < -0.4 is 10.6 Å². The van der Waals surface area contributed by atoms with Crippen LogP contribution in [0.25, 0.3) is 0 Å². The van der Waals surface area contributed by atoms with Crippen molar-refractivity contribution in [3.63, 3.8) is 0 Å². The maximum absolute atomic E-state index is 5.39. The van der Waals surface area contributed by atoms with E-state index in [2.05, 4.69) is 41.4 Å². The number of furan rings is 1. The molecule has 2 N–H and O–H groups in total. The van der Waals surface area contributed by atoms with Crippen LogP contribution in [0.3, 0.4) is 0 Å². The predicted octanol–water partition coefficient (Wildman–Crippen LogP) is 3.50. The number of anilines is 2. The molecule has 0 spiro atoms. The van der Waals surface area contributed by atoms with Gasteiger partial charge in [-0.3, -0.25) is 0 Å². The molecule has 1 atom stereocenters. The van der Waals surface area contributed by atoms with Gasteiger partial charge < -0.3 is 15.1 Å². The summed E-state index contributed by atoms with van der Waals surface area (Å²) in [6.45, 7) is 7.32.